The summed E-state index contributed by atoms with van der Waals surface area (Å²) in [5.41, 5.74) is 0.521. The molecule has 24 heavy (non-hydrogen) atoms. The van der Waals surface area contributed by atoms with Crippen molar-refractivity contribution in [1.82, 2.24) is 14.8 Å². The molecule has 0 spiro atoms. The Morgan fingerprint density at radius 1 is 1.38 bits per heavy atom. The maximum absolute atomic E-state index is 12.0. The van der Waals surface area contributed by atoms with E-state index in [1.807, 2.05) is 6.92 Å². The molecule has 0 saturated heterocycles. The van der Waals surface area contributed by atoms with Gasteiger partial charge in [0.05, 0.1) is 10.7 Å². The molecule has 1 aromatic heterocycles. The number of nitro benzene ring substituents is 1. The van der Waals surface area contributed by atoms with Crippen LogP contribution in [0.15, 0.2) is 29.4 Å². The number of anilines is 1. The topological polar surface area (TPSA) is 103 Å². The molecule has 126 valence electrons. The number of hydrogen-bond acceptors (Lipinski definition) is 6. The number of carbonyl (C=O) groups is 1. The Morgan fingerprint density at radius 3 is 2.67 bits per heavy atom. The van der Waals surface area contributed by atoms with Crippen molar-refractivity contribution in [2.24, 2.45) is 0 Å². The summed E-state index contributed by atoms with van der Waals surface area (Å²) >= 11 is 1.34. The van der Waals surface area contributed by atoms with Gasteiger partial charge in [-0.25, -0.2) is 0 Å². The number of carbonyl (C=O) groups excluding carboxylic acids is 1. The van der Waals surface area contributed by atoms with E-state index in [4.69, 9.17) is 0 Å². The van der Waals surface area contributed by atoms with E-state index in [-0.39, 0.29) is 17.3 Å². The van der Waals surface area contributed by atoms with E-state index in [1.165, 1.54) is 36.0 Å². The molecule has 1 N–H and O–H groups in total. The molecule has 1 aliphatic rings. The molecule has 1 heterocycles. The van der Waals surface area contributed by atoms with Crippen molar-refractivity contribution in [3.8, 4) is 0 Å². The predicted molar refractivity (Wildman–Crippen MR) is 90.1 cm³/mol. The number of rotatable bonds is 7. The summed E-state index contributed by atoms with van der Waals surface area (Å²) in [6, 6.07) is 5.75. The molecule has 0 radical (unpaired) electrons. The molecule has 0 atom stereocenters. The first-order valence-electron chi connectivity index (χ1n) is 7.68. The molecule has 1 amide bonds. The van der Waals surface area contributed by atoms with Crippen LogP contribution in [0.25, 0.3) is 0 Å². The molecule has 1 aliphatic carbocycles. The van der Waals surface area contributed by atoms with Gasteiger partial charge in [0.25, 0.3) is 5.69 Å². The number of nitrogens with zero attached hydrogens (tertiary/aromatic N) is 4. The highest BCUT2D eigenvalue weighted by Crippen LogP contribution is 2.39. The Morgan fingerprint density at radius 2 is 2.08 bits per heavy atom. The SMILES string of the molecule is CCn1c(SCC(=O)Nc2ccc([N+](=O)[O-])cc2)nnc1C1CC1. The predicted octanol–water partition coefficient (Wildman–Crippen LogP) is 2.81. The van der Waals surface area contributed by atoms with Crippen LogP contribution >= 0.6 is 11.8 Å². The monoisotopic (exact) mass is 347 g/mol. The number of thioether (sulfide) groups is 1. The molecular formula is C15H17N5O3S. The summed E-state index contributed by atoms with van der Waals surface area (Å²) in [5, 5.41) is 22.5. The molecule has 1 saturated carbocycles. The smallest absolute Gasteiger partial charge is 0.269 e. The number of nitrogens with one attached hydrogen (secondary N) is 1. The van der Waals surface area contributed by atoms with Gasteiger partial charge < -0.3 is 9.88 Å². The van der Waals surface area contributed by atoms with Gasteiger partial charge in [0.15, 0.2) is 5.16 Å². The summed E-state index contributed by atoms with van der Waals surface area (Å²) in [5.74, 6) is 1.55. The number of non-ortho nitro benzene ring substituents is 1. The van der Waals surface area contributed by atoms with Gasteiger partial charge in [0.2, 0.25) is 5.91 Å². The number of amides is 1. The Hall–Kier alpha value is -2.42. The quantitative estimate of drug-likeness (QED) is 0.469. The van der Waals surface area contributed by atoms with Crippen molar-refractivity contribution < 1.29 is 9.72 Å². The van der Waals surface area contributed by atoms with E-state index in [2.05, 4.69) is 20.1 Å². The molecule has 1 fully saturated rings. The largest absolute Gasteiger partial charge is 0.325 e. The Balaban J connectivity index is 1.56. The van der Waals surface area contributed by atoms with Crippen molar-refractivity contribution >= 4 is 29.0 Å². The summed E-state index contributed by atoms with van der Waals surface area (Å²) in [7, 11) is 0. The van der Waals surface area contributed by atoms with Crippen LogP contribution in [0.5, 0.6) is 0 Å². The van der Waals surface area contributed by atoms with Crippen LogP contribution in [0.2, 0.25) is 0 Å². The fraction of sp³-hybridized carbons (Fsp3) is 0.400. The lowest BCUT2D eigenvalue weighted by Crippen LogP contribution is -2.14. The van der Waals surface area contributed by atoms with E-state index in [1.54, 1.807) is 0 Å². The third kappa shape index (κ3) is 3.73. The summed E-state index contributed by atoms with van der Waals surface area (Å²) in [6.45, 7) is 2.82. The Kier molecular flexibility index (Phi) is 4.79. The minimum Gasteiger partial charge on any atom is -0.325 e. The van der Waals surface area contributed by atoms with Gasteiger partial charge in [0.1, 0.15) is 5.82 Å². The second-order valence-electron chi connectivity index (χ2n) is 5.50. The number of aromatic nitrogens is 3. The van der Waals surface area contributed by atoms with E-state index in [0.29, 0.717) is 11.6 Å². The van der Waals surface area contributed by atoms with Crippen LogP contribution in [0.4, 0.5) is 11.4 Å². The zero-order valence-corrected chi connectivity index (χ0v) is 14.0. The Labute approximate surface area is 142 Å². The van der Waals surface area contributed by atoms with Crippen LogP contribution in [-0.4, -0.2) is 31.3 Å². The molecule has 0 aliphatic heterocycles. The first-order valence-corrected chi connectivity index (χ1v) is 8.67. The molecule has 1 aromatic carbocycles. The van der Waals surface area contributed by atoms with Gasteiger partial charge in [-0.05, 0) is 31.9 Å². The highest BCUT2D eigenvalue weighted by Gasteiger charge is 2.30. The lowest BCUT2D eigenvalue weighted by Gasteiger charge is -2.07. The van der Waals surface area contributed by atoms with E-state index >= 15 is 0 Å². The van der Waals surface area contributed by atoms with E-state index < -0.39 is 4.92 Å². The standard InChI is InChI=1S/C15H17N5O3S/c1-2-19-14(10-3-4-10)17-18-15(19)24-9-13(21)16-11-5-7-12(8-6-11)20(22)23/h5-8,10H,2-4,9H2,1H3,(H,16,21). The second-order valence-corrected chi connectivity index (χ2v) is 6.44. The third-order valence-electron chi connectivity index (χ3n) is 3.70. The highest BCUT2D eigenvalue weighted by atomic mass is 32.2. The van der Waals surface area contributed by atoms with E-state index in [0.717, 1.165) is 30.4 Å². The van der Waals surface area contributed by atoms with Gasteiger partial charge in [-0.15, -0.1) is 10.2 Å². The zero-order chi connectivity index (χ0) is 17.1. The minimum absolute atomic E-state index is 0.00831. The minimum atomic E-state index is -0.476. The molecule has 3 rings (SSSR count). The van der Waals surface area contributed by atoms with Crippen LogP contribution in [0, 0.1) is 10.1 Å². The van der Waals surface area contributed by atoms with Gasteiger partial charge >= 0.3 is 0 Å². The first kappa shape index (κ1) is 16.4. The summed E-state index contributed by atoms with van der Waals surface area (Å²) in [6.07, 6.45) is 2.31. The summed E-state index contributed by atoms with van der Waals surface area (Å²) < 4.78 is 2.06. The first-order chi connectivity index (χ1) is 11.6. The molecule has 2 aromatic rings. The van der Waals surface area contributed by atoms with E-state index in [9.17, 15) is 14.9 Å². The highest BCUT2D eigenvalue weighted by molar-refractivity contribution is 7.99. The Bertz CT molecular complexity index is 755. The molecule has 8 nitrogen and oxygen atoms in total. The lowest BCUT2D eigenvalue weighted by molar-refractivity contribution is -0.384. The van der Waals surface area contributed by atoms with Crippen molar-refractivity contribution in [2.45, 2.75) is 37.4 Å². The van der Waals surface area contributed by atoms with Crippen molar-refractivity contribution in [3.63, 3.8) is 0 Å². The maximum atomic E-state index is 12.0. The van der Waals surface area contributed by atoms with Gasteiger partial charge in [-0.1, -0.05) is 11.8 Å². The van der Waals surface area contributed by atoms with Crippen LogP contribution in [-0.2, 0) is 11.3 Å². The summed E-state index contributed by atoms with van der Waals surface area (Å²) in [4.78, 5) is 22.2. The maximum Gasteiger partial charge on any atom is 0.269 e. The van der Waals surface area contributed by atoms with Crippen LogP contribution in [0.1, 0.15) is 31.5 Å². The fourth-order valence-corrected chi connectivity index (χ4v) is 3.15. The normalized spacial score (nSPS) is 13.7. The third-order valence-corrected chi connectivity index (χ3v) is 4.67. The van der Waals surface area contributed by atoms with Crippen molar-refractivity contribution in [2.75, 3.05) is 11.1 Å². The molecule has 9 heteroatoms. The average Bonchev–Trinajstić information content (AvgIpc) is 3.33. The van der Waals surface area contributed by atoms with Gasteiger partial charge in [0, 0.05) is 30.3 Å². The van der Waals surface area contributed by atoms with Crippen LogP contribution < -0.4 is 5.32 Å². The number of hydrogen-bond donors (Lipinski definition) is 1. The van der Waals surface area contributed by atoms with Crippen LogP contribution in [0.3, 0.4) is 0 Å². The van der Waals surface area contributed by atoms with Gasteiger partial charge in [-0.2, -0.15) is 0 Å². The second kappa shape index (κ2) is 7.00. The van der Waals surface area contributed by atoms with Crippen molar-refractivity contribution in [1.29, 1.82) is 0 Å². The van der Waals surface area contributed by atoms with Gasteiger partial charge in [-0.3, -0.25) is 14.9 Å². The lowest BCUT2D eigenvalue weighted by atomic mass is 10.3. The number of nitro groups is 1. The molecular weight excluding hydrogens is 330 g/mol. The fourth-order valence-electron chi connectivity index (χ4n) is 2.34. The van der Waals surface area contributed by atoms with Crippen molar-refractivity contribution in [3.05, 3.63) is 40.2 Å². The zero-order valence-electron chi connectivity index (χ0n) is 13.1. The average molecular weight is 347 g/mol. The molecule has 0 unspecified atom stereocenters. The number of benzene rings is 1. The molecule has 0 bridgehead atoms.